The summed E-state index contributed by atoms with van der Waals surface area (Å²) < 4.78 is 1.11. The first-order valence-corrected chi connectivity index (χ1v) is 5.99. The fourth-order valence-corrected chi connectivity index (χ4v) is 1.99. The van der Waals surface area contributed by atoms with Crippen LogP contribution in [0.5, 0.6) is 0 Å². The number of halogens is 1. The summed E-state index contributed by atoms with van der Waals surface area (Å²) in [6, 6.07) is 10.3. The third-order valence-electron chi connectivity index (χ3n) is 2.28. The third kappa shape index (κ3) is 3.18. The second kappa shape index (κ2) is 5.27. The van der Waals surface area contributed by atoms with E-state index < -0.39 is 0 Å². The maximum atomic E-state index is 4.17. The van der Waals surface area contributed by atoms with E-state index in [9.17, 15) is 0 Å². The molecule has 0 amide bonds. The Hall–Kier alpha value is -1.13. The Balaban J connectivity index is 1.84. The molecule has 0 aliphatic carbocycles. The quantitative estimate of drug-likeness (QED) is 0.904. The first kappa shape index (κ1) is 11.4. The lowest BCUT2D eigenvalue weighted by atomic mass is 10.2. The van der Waals surface area contributed by atoms with Gasteiger partial charge in [-0.15, -0.1) is 0 Å². The highest BCUT2D eigenvalue weighted by Crippen LogP contribution is 2.11. The van der Waals surface area contributed by atoms with E-state index in [-0.39, 0.29) is 0 Å². The van der Waals surface area contributed by atoms with Crippen molar-refractivity contribution in [1.29, 1.82) is 0 Å². The number of aromatic nitrogens is 2. The number of benzene rings is 1. The van der Waals surface area contributed by atoms with E-state index >= 15 is 0 Å². The average Bonchev–Trinajstić information content (AvgIpc) is 2.64. The molecule has 84 valence electrons. The van der Waals surface area contributed by atoms with Crippen LogP contribution in [-0.2, 0) is 13.1 Å². The number of aryl methyl sites for hydroxylation is 1. The van der Waals surface area contributed by atoms with Crippen LogP contribution >= 0.6 is 15.9 Å². The molecule has 0 aliphatic rings. The SMILES string of the molecule is Cc1cc(CNCc2cccc(Br)c2)n[nH]1. The van der Waals surface area contributed by atoms with Crippen LogP contribution in [0.4, 0.5) is 0 Å². The van der Waals surface area contributed by atoms with Crippen molar-refractivity contribution in [2.75, 3.05) is 0 Å². The summed E-state index contributed by atoms with van der Waals surface area (Å²) in [5.41, 5.74) is 3.41. The summed E-state index contributed by atoms with van der Waals surface area (Å²) >= 11 is 3.46. The van der Waals surface area contributed by atoms with Gasteiger partial charge in [-0.2, -0.15) is 5.10 Å². The molecular formula is C12H14BrN3. The van der Waals surface area contributed by atoms with Crippen molar-refractivity contribution in [2.24, 2.45) is 0 Å². The normalized spacial score (nSPS) is 10.6. The second-order valence-corrected chi connectivity index (χ2v) is 4.69. The van der Waals surface area contributed by atoms with Crippen molar-refractivity contribution >= 4 is 15.9 Å². The van der Waals surface area contributed by atoms with Crippen molar-refractivity contribution in [3.05, 3.63) is 51.8 Å². The fourth-order valence-electron chi connectivity index (χ4n) is 1.55. The number of nitrogens with one attached hydrogen (secondary N) is 2. The minimum atomic E-state index is 0.789. The Bertz CT molecular complexity index is 465. The van der Waals surface area contributed by atoms with Gasteiger partial charge in [-0.1, -0.05) is 28.1 Å². The van der Waals surface area contributed by atoms with Crippen molar-refractivity contribution in [3.63, 3.8) is 0 Å². The molecule has 16 heavy (non-hydrogen) atoms. The number of aromatic amines is 1. The van der Waals surface area contributed by atoms with Crippen molar-refractivity contribution in [1.82, 2.24) is 15.5 Å². The topological polar surface area (TPSA) is 40.7 Å². The largest absolute Gasteiger partial charge is 0.307 e. The molecule has 0 saturated heterocycles. The summed E-state index contributed by atoms with van der Waals surface area (Å²) in [5, 5.41) is 10.5. The van der Waals surface area contributed by atoms with Crippen molar-refractivity contribution in [3.8, 4) is 0 Å². The lowest BCUT2D eigenvalue weighted by molar-refractivity contribution is 0.677. The molecular weight excluding hydrogens is 266 g/mol. The van der Waals surface area contributed by atoms with Crippen LogP contribution in [0.15, 0.2) is 34.8 Å². The summed E-state index contributed by atoms with van der Waals surface area (Å²) in [5.74, 6) is 0. The van der Waals surface area contributed by atoms with Gasteiger partial charge in [0.05, 0.1) is 5.69 Å². The van der Waals surface area contributed by atoms with Gasteiger partial charge in [0.2, 0.25) is 0 Å². The summed E-state index contributed by atoms with van der Waals surface area (Å²) in [7, 11) is 0. The van der Waals surface area contributed by atoms with Crippen molar-refractivity contribution < 1.29 is 0 Å². The van der Waals surface area contributed by atoms with Gasteiger partial charge >= 0.3 is 0 Å². The molecule has 0 fully saturated rings. The highest BCUT2D eigenvalue weighted by Gasteiger charge is 1.98. The van der Waals surface area contributed by atoms with Crippen LogP contribution in [0.2, 0.25) is 0 Å². The number of hydrogen-bond acceptors (Lipinski definition) is 2. The first-order chi connectivity index (χ1) is 7.74. The molecule has 0 atom stereocenters. The predicted octanol–water partition coefficient (Wildman–Crippen LogP) is 2.77. The zero-order valence-electron chi connectivity index (χ0n) is 9.13. The molecule has 0 radical (unpaired) electrons. The fraction of sp³-hybridized carbons (Fsp3) is 0.250. The lowest BCUT2D eigenvalue weighted by Gasteiger charge is -2.03. The minimum absolute atomic E-state index is 0.789. The van der Waals surface area contributed by atoms with Crippen molar-refractivity contribution in [2.45, 2.75) is 20.0 Å². The minimum Gasteiger partial charge on any atom is -0.307 e. The zero-order chi connectivity index (χ0) is 11.4. The van der Waals surface area contributed by atoms with Gasteiger partial charge < -0.3 is 5.32 Å². The lowest BCUT2D eigenvalue weighted by Crippen LogP contribution is -2.12. The van der Waals surface area contributed by atoms with E-state index in [2.05, 4.69) is 43.6 Å². The van der Waals surface area contributed by atoms with E-state index in [1.165, 1.54) is 5.56 Å². The highest BCUT2D eigenvalue weighted by atomic mass is 79.9. The van der Waals surface area contributed by atoms with Crippen LogP contribution < -0.4 is 5.32 Å². The molecule has 1 heterocycles. The molecule has 0 unspecified atom stereocenters. The molecule has 4 heteroatoms. The number of H-pyrrole nitrogens is 1. The van der Waals surface area contributed by atoms with Crippen LogP contribution in [0.25, 0.3) is 0 Å². The second-order valence-electron chi connectivity index (χ2n) is 3.78. The summed E-state index contributed by atoms with van der Waals surface area (Å²) in [6.07, 6.45) is 0. The Morgan fingerprint density at radius 2 is 2.19 bits per heavy atom. The highest BCUT2D eigenvalue weighted by molar-refractivity contribution is 9.10. The van der Waals surface area contributed by atoms with Crippen LogP contribution in [0, 0.1) is 6.92 Å². The smallest absolute Gasteiger partial charge is 0.0762 e. The Kier molecular flexibility index (Phi) is 3.74. The molecule has 1 aromatic heterocycles. The van der Waals surface area contributed by atoms with Gasteiger partial charge in [0, 0.05) is 23.3 Å². The third-order valence-corrected chi connectivity index (χ3v) is 2.78. The van der Waals surface area contributed by atoms with E-state index in [0.717, 1.165) is 29.0 Å². The monoisotopic (exact) mass is 279 g/mol. The molecule has 3 nitrogen and oxygen atoms in total. The predicted molar refractivity (Wildman–Crippen MR) is 68.0 cm³/mol. The van der Waals surface area contributed by atoms with Gasteiger partial charge in [0.15, 0.2) is 0 Å². The molecule has 0 saturated carbocycles. The van der Waals surface area contributed by atoms with E-state index in [1.807, 2.05) is 25.1 Å². The average molecular weight is 280 g/mol. The molecule has 2 aromatic rings. The van der Waals surface area contributed by atoms with Gasteiger partial charge in [0.1, 0.15) is 0 Å². The number of nitrogens with zero attached hydrogens (tertiary/aromatic N) is 1. The molecule has 2 N–H and O–H groups in total. The van der Waals surface area contributed by atoms with E-state index in [4.69, 9.17) is 0 Å². The van der Waals surface area contributed by atoms with E-state index in [1.54, 1.807) is 0 Å². The van der Waals surface area contributed by atoms with Crippen LogP contribution in [0.3, 0.4) is 0 Å². The maximum Gasteiger partial charge on any atom is 0.0762 e. The first-order valence-electron chi connectivity index (χ1n) is 5.20. The van der Waals surface area contributed by atoms with Gasteiger partial charge in [-0.3, -0.25) is 5.10 Å². The Morgan fingerprint density at radius 1 is 1.31 bits per heavy atom. The molecule has 0 aliphatic heterocycles. The molecule has 2 rings (SSSR count). The molecule has 0 spiro atoms. The molecule has 0 bridgehead atoms. The molecule has 1 aromatic carbocycles. The maximum absolute atomic E-state index is 4.17. The van der Waals surface area contributed by atoms with E-state index in [0.29, 0.717) is 0 Å². The van der Waals surface area contributed by atoms with Crippen LogP contribution in [-0.4, -0.2) is 10.2 Å². The van der Waals surface area contributed by atoms with Crippen LogP contribution in [0.1, 0.15) is 17.0 Å². The van der Waals surface area contributed by atoms with Gasteiger partial charge in [-0.05, 0) is 30.7 Å². The zero-order valence-corrected chi connectivity index (χ0v) is 10.7. The summed E-state index contributed by atoms with van der Waals surface area (Å²) in [6.45, 7) is 3.65. The summed E-state index contributed by atoms with van der Waals surface area (Å²) in [4.78, 5) is 0. The number of hydrogen-bond donors (Lipinski definition) is 2. The Morgan fingerprint density at radius 3 is 2.88 bits per heavy atom. The van der Waals surface area contributed by atoms with Gasteiger partial charge in [0.25, 0.3) is 0 Å². The standard InChI is InChI=1S/C12H14BrN3/c1-9-5-12(16-15-9)8-14-7-10-3-2-4-11(13)6-10/h2-6,14H,7-8H2,1H3,(H,15,16). The van der Waals surface area contributed by atoms with Gasteiger partial charge in [-0.25, -0.2) is 0 Å². The Labute approximate surface area is 103 Å². The number of rotatable bonds is 4.